The average molecular weight is 484 g/mol. The van der Waals surface area contributed by atoms with Gasteiger partial charge in [-0.05, 0) is 54.1 Å². The molecule has 0 saturated carbocycles. The third-order valence-electron chi connectivity index (χ3n) is 5.34. The number of anilines is 1. The number of methoxy groups -OCH3 is 1. The molecule has 34 heavy (non-hydrogen) atoms. The summed E-state index contributed by atoms with van der Waals surface area (Å²) in [6.45, 7) is 3.44. The molecule has 0 aliphatic carbocycles. The summed E-state index contributed by atoms with van der Waals surface area (Å²) in [6, 6.07) is 17.2. The fourth-order valence-corrected chi connectivity index (χ4v) is 4.18. The first-order valence-electron chi connectivity index (χ1n) is 11.1. The van der Waals surface area contributed by atoms with Gasteiger partial charge in [0, 0.05) is 37.4 Å². The zero-order chi connectivity index (χ0) is 24.3. The number of nitrogens with one attached hydrogen (secondary N) is 1. The van der Waals surface area contributed by atoms with Gasteiger partial charge in [-0.1, -0.05) is 36.4 Å². The highest BCUT2D eigenvalue weighted by atomic mass is 32.1. The molecule has 6 nitrogen and oxygen atoms in total. The molecule has 1 heterocycles. The van der Waals surface area contributed by atoms with Crippen LogP contribution < -0.4 is 5.32 Å². The number of halogens is 1. The molecule has 0 saturated heterocycles. The van der Waals surface area contributed by atoms with Crippen molar-refractivity contribution in [2.24, 2.45) is 0 Å². The molecule has 1 N–H and O–H groups in total. The number of rotatable bonds is 11. The lowest BCUT2D eigenvalue weighted by molar-refractivity contribution is -0.133. The minimum atomic E-state index is -0.336. The summed E-state index contributed by atoms with van der Waals surface area (Å²) in [7, 11) is 1.61. The Morgan fingerprint density at radius 2 is 1.76 bits per heavy atom. The Labute approximate surface area is 204 Å². The number of amides is 3. The van der Waals surface area contributed by atoms with Crippen LogP contribution in [0.1, 0.15) is 22.4 Å². The van der Waals surface area contributed by atoms with Crippen LogP contribution in [0, 0.1) is 12.7 Å². The summed E-state index contributed by atoms with van der Waals surface area (Å²) >= 11 is 1.56. The van der Waals surface area contributed by atoms with Crippen LogP contribution in [0.5, 0.6) is 0 Å². The number of ether oxygens (including phenoxy) is 1. The lowest BCUT2D eigenvalue weighted by atomic mass is 10.2. The van der Waals surface area contributed by atoms with Crippen molar-refractivity contribution in [3.05, 3.63) is 87.9 Å². The Bertz CT molecular complexity index is 1060. The van der Waals surface area contributed by atoms with Gasteiger partial charge >= 0.3 is 6.03 Å². The van der Waals surface area contributed by atoms with Gasteiger partial charge in [0.15, 0.2) is 0 Å². The first kappa shape index (κ1) is 25.4. The van der Waals surface area contributed by atoms with Gasteiger partial charge in [0.05, 0.1) is 6.54 Å². The van der Waals surface area contributed by atoms with Crippen LogP contribution in [-0.4, -0.2) is 48.5 Å². The van der Waals surface area contributed by atoms with Crippen LogP contribution in [0.3, 0.4) is 0 Å². The molecule has 0 bridgehead atoms. The van der Waals surface area contributed by atoms with E-state index < -0.39 is 0 Å². The number of nitrogens with zero attached hydrogens (tertiary/aromatic N) is 2. The molecule has 0 unspecified atom stereocenters. The molecule has 1 aromatic heterocycles. The third-order valence-corrected chi connectivity index (χ3v) is 6.20. The molecule has 3 rings (SSSR count). The number of hydrogen-bond donors (Lipinski definition) is 1. The van der Waals surface area contributed by atoms with Gasteiger partial charge in [-0.2, -0.15) is 0 Å². The van der Waals surface area contributed by atoms with E-state index in [0.717, 1.165) is 16.0 Å². The smallest absolute Gasteiger partial charge is 0.322 e. The van der Waals surface area contributed by atoms with Crippen molar-refractivity contribution in [2.75, 3.05) is 32.1 Å². The van der Waals surface area contributed by atoms with E-state index in [2.05, 4.69) is 5.32 Å². The fourth-order valence-electron chi connectivity index (χ4n) is 3.46. The Hall–Kier alpha value is -3.23. The third kappa shape index (κ3) is 7.67. The number of hydrogen-bond acceptors (Lipinski definition) is 4. The van der Waals surface area contributed by atoms with E-state index >= 15 is 0 Å². The van der Waals surface area contributed by atoms with Gasteiger partial charge in [0.2, 0.25) is 5.91 Å². The maximum absolute atomic E-state index is 13.4. The quantitative estimate of drug-likeness (QED) is 0.377. The van der Waals surface area contributed by atoms with Gasteiger partial charge in [-0.15, -0.1) is 11.3 Å². The molecule has 0 atom stereocenters. The number of urea groups is 1. The van der Waals surface area contributed by atoms with Crippen molar-refractivity contribution < 1.29 is 18.7 Å². The van der Waals surface area contributed by atoms with E-state index in [1.807, 2.05) is 48.7 Å². The summed E-state index contributed by atoms with van der Waals surface area (Å²) in [4.78, 5) is 30.7. The minimum Gasteiger partial charge on any atom is -0.385 e. The molecule has 0 aliphatic rings. The van der Waals surface area contributed by atoms with Crippen LogP contribution >= 0.6 is 11.3 Å². The molecule has 0 fully saturated rings. The monoisotopic (exact) mass is 483 g/mol. The Morgan fingerprint density at radius 3 is 2.44 bits per heavy atom. The van der Waals surface area contributed by atoms with Gasteiger partial charge in [0.1, 0.15) is 12.4 Å². The lowest BCUT2D eigenvalue weighted by Gasteiger charge is -2.28. The maximum Gasteiger partial charge on any atom is 0.322 e. The highest BCUT2D eigenvalue weighted by molar-refractivity contribution is 7.09. The van der Waals surface area contributed by atoms with Crippen molar-refractivity contribution in [3.63, 3.8) is 0 Å². The van der Waals surface area contributed by atoms with Crippen molar-refractivity contribution in [3.8, 4) is 0 Å². The van der Waals surface area contributed by atoms with Gasteiger partial charge in [-0.25, -0.2) is 9.18 Å². The minimum absolute atomic E-state index is 0.0754. The summed E-state index contributed by atoms with van der Waals surface area (Å²) in [5.74, 6) is -0.507. The maximum atomic E-state index is 13.4. The zero-order valence-electron chi connectivity index (χ0n) is 19.5. The number of benzene rings is 2. The highest BCUT2D eigenvalue weighted by Gasteiger charge is 2.22. The Morgan fingerprint density at radius 1 is 1.00 bits per heavy atom. The van der Waals surface area contributed by atoms with E-state index in [-0.39, 0.29) is 24.3 Å². The second-order valence-corrected chi connectivity index (χ2v) is 9.00. The topological polar surface area (TPSA) is 61.9 Å². The van der Waals surface area contributed by atoms with Gasteiger partial charge in [-0.3, -0.25) is 4.79 Å². The van der Waals surface area contributed by atoms with Crippen LogP contribution in [0.25, 0.3) is 0 Å². The zero-order valence-corrected chi connectivity index (χ0v) is 20.3. The van der Waals surface area contributed by atoms with Crippen LogP contribution in [0.15, 0.2) is 66.0 Å². The van der Waals surface area contributed by atoms with E-state index in [0.29, 0.717) is 38.3 Å². The molecule has 3 aromatic rings. The molecular weight excluding hydrogens is 453 g/mol. The second-order valence-electron chi connectivity index (χ2n) is 7.97. The van der Waals surface area contributed by atoms with Gasteiger partial charge in [0.25, 0.3) is 0 Å². The summed E-state index contributed by atoms with van der Waals surface area (Å²) in [5, 5.41) is 4.88. The molecule has 8 heteroatoms. The predicted octanol–water partition coefficient (Wildman–Crippen LogP) is 5.30. The second kappa shape index (κ2) is 12.9. The molecule has 3 amide bonds. The molecular formula is C26H30FN3O3S. The summed E-state index contributed by atoms with van der Waals surface area (Å²) in [5.41, 5.74) is 2.47. The Balaban J connectivity index is 1.75. The predicted molar refractivity (Wildman–Crippen MR) is 133 cm³/mol. The first-order chi connectivity index (χ1) is 16.5. The molecule has 180 valence electrons. The molecule has 0 spiro atoms. The number of aryl methyl sites for hydroxylation is 1. The van der Waals surface area contributed by atoms with E-state index in [1.54, 1.807) is 35.5 Å². The van der Waals surface area contributed by atoms with E-state index in [1.165, 1.54) is 17.0 Å². The number of carbonyl (C=O) groups is 2. The van der Waals surface area contributed by atoms with Crippen LogP contribution in [0.4, 0.5) is 14.9 Å². The van der Waals surface area contributed by atoms with Crippen LogP contribution in [0.2, 0.25) is 0 Å². The molecule has 0 aliphatic heterocycles. The summed E-state index contributed by atoms with van der Waals surface area (Å²) in [6.07, 6.45) is 0.605. The van der Waals surface area contributed by atoms with Crippen LogP contribution in [-0.2, 0) is 22.6 Å². The Kier molecular flexibility index (Phi) is 9.61. The summed E-state index contributed by atoms with van der Waals surface area (Å²) < 4.78 is 18.5. The standard InChI is InChI=1S/C26H30FN3O3S/c1-20-7-3-4-9-24(20)28-26(32)29(14-6-15-33-2)19-25(31)30(18-23-8-5-16-34-23)17-21-10-12-22(27)13-11-21/h3-5,7-13,16H,6,14-15,17-19H2,1-2H3,(H,28,32). The van der Waals surface area contributed by atoms with Crippen molar-refractivity contribution in [1.82, 2.24) is 9.80 Å². The molecule has 0 radical (unpaired) electrons. The fraction of sp³-hybridized carbons (Fsp3) is 0.308. The van der Waals surface area contributed by atoms with Crippen molar-refractivity contribution in [2.45, 2.75) is 26.4 Å². The first-order valence-corrected chi connectivity index (χ1v) is 12.0. The van der Waals surface area contributed by atoms with E-state index in [4.69, 9.17) is 4.74 Å². The average Bonchev–Trinajstić information content (AvgIpc) is 3.34. The number of thiophene rings is 1. The van der Waals surface area contributed by atoms with Crippen molar-refractivity contribution in [1.29, 1.82) is 0 Å². The van der Waals surface area contributed by atoms with Gasteiger partial charge < -0.3 is 19.9 Å². The lowest BCUT2D eigenvalue weighted by Crippen LogP contribution is -2.44. The highest BCUT2D eigenvalue weighted by Crippen LogP contribution is 2.17. The largest absolute Gasteiger partial charge is 0.385 e. The normalized spacial score (nSPS) is 10.7. The van der Waals surface area contributed by atoms with Crippen molar-refractivity contribution >= 4 is 29.0 Å². The van der Waals surface area contributed by atoms with E-state index in [9.17, 15) is 14.0 Å². The molecule has 2 aromatic carbocycles. The SMILES string of the molecule is COCCCN(CC(=O)N(Cc1ccc(F)cc1)Cc1cccs1)C(=O)Nc1ccccc1C. The number of para-hydroxylation sites is 1. The number of carbonyl (C=O) groups excluding carboxylic acids is 2.